The Hall–Kier alpha value is -1.14. The summed E-state index contributed by atoms with van der Waals surface area (Å²) in [6.07, 6.45) is 2.16. The fourth-order valence-corrected chi connectivity index (χ4v) is 4.63. The van der Waals surface area contributed by atoms with E-state index in [1.165, 1.54) is 0 Å². The number of carbonyl (C=O) groups is 2. The molecule has 2 rings (SSSR count). The fourth-order valence-electron chi connectivity index (χ4n) is 4.63. The van der Waals surface area contributed by atoms with Gasteiger partial charge in [-0.3, -0.25) is 9.59 Å². The number of carbonyl (C=O) groups excluding carboxylic acids is 2. The van der Waals surface area contributed by atoms with E-state index in [2.05, 4.69) is 0 Å². The van der Waals surface area contributed by atoms with Gasteiger partial charge in [0.05, 0.1) is 31.5 Å². The van der Waals surface area contributed by atoms with Gasteiger partial charge in [0.25, 0.3) is 0 Å². The van der Waals surface area contributed by atoms with Crippen molar-refractivity contribution in [3.05, 3.63) is 0 Å². The number of nitrogens with zero attached hydrogens (tertiary/aromatic N) is 1. The average molecular weight is 490 g/mol. The lowest BCUT2D eigenvalue weighted by Crippen LogP contribution is -2.55. The summed E-state index contributed by atoms with van der Waals surface area (Å²) in [6, 6.07) is -0.277. The van der Waals surface area contributed by atoms with E-state index in [9.17, 15) is 35.1 Å². The van der Waals surface area contributed by atoms with Gasteiger partial charge in [-0.1, -0.05) is 19.8 Å². The third-order valence-corrected chi connectivity index (χ3v) is 6.84. The first kappa shape index (κ1) is 29.1. The van der Waals surface area contributed by atoms with Crippen molar-refractivity contribution in [2.45, 2.75) is 108 Å². The molecule has 5 N–H and O–H groups in total. The molecule has 2 heterocycles. The number of ketones is 1. The average Bonchev–Trinajstić information content (AvgIpc) is 3.21. The highest BCUT2D eigenvalue weighted by atomic mass is 16.7. The van der Waals surface area contributed by atoms with Crippen LogP contribution in [0.4, 0.5) is 0 Å². The minimum absolute atomic E-state index is 0.0283. The molecule has 2 saturated heterocycles. The number of β-amino-alcohol motifs (C(OH)–C–C–N with tert-alkyl or cyclic N) is 1. The van der Waals surface area contributed by atoms with Crippen LogP contribution in [0.5, 0.6) is 0 Å². The highest BCUT2D eigenvalue weighted by Gasteiger charge is 2.42. The summed E-state index contributed by atoms with van der Waals surface area (Å²) in [7, 11) is 0. The Morgan fingerprint density at radius 1 is 0.912 bits per heavy atom. The number of aliphatic hydroxyl groups excluding tert-OH is 5. The normalized spacial score (nSPS) is 31.7. The molecular weight excluding hydrogens is 446 g/mol. The summed E-state index contributed by atoms with van der Waals surface area (Å²) in [5.41, 5.74) is 0. The second-order valence-corrected chi connectivity index (χ2v) is 9.62. The highest BCUT2D eigenvalue weighted by Crippen LogP contribution is 2.27. The summed E-state index contributed by atoms with van der Waals surface area (Å²) in [5.74, 6) is -0.249. The van der Waals surface area contributed by atoms with Crippen molar-refractivity contribution in [1.82, 2.24) is 4.90 Å². The van der Waals surface area contributed by atoms with Crippen LogP contribution in [-0.4, -0.2) is 105 Å². The van der Waals surface area contributed by atoms with Crippen LogP contribution in [0.1, 0.15) is 71.1 Å². The van der Waals surface area contributed by atoms with Crippen molar-refractivity contribution in [1.29, 1.82) is 0 Å². The van der Waals surface area contributed by atoms with Gasteiger partial charge >= 0.3 is 0 Å². The maximum atomic E-state index is 12.3. The quantitative estimate of drug-likeness (QED) is 0.201. The van der Waals surface area contributed by atoms with Gasteiger partial charge in [-0.2, -0.15) is 0 Å². The monoisotopic (exact) mass is 489 g/mol. The molecule has 0 radical (unpaired) electrons. The van der Waals surface area contributed by atoms with Crippen molar-refractivity contribution in [3.63, 3.8) is 0 Å². The number of aliphatic hydroxyl groups is 5. The van der Waals surface area contributed by atoms with Crippen LogP contribution in [0, 0.1) is 5.92 Å². The molecule has 7 atom stereocenters. The molecule has 2 aliphatic heterocycles. The van der Waals surface area contributed by atoms with E-state index in [0.717, 1.165) is 25.7 Å². The molecule has 2 aliphatic rings. The summed E-state index contributed by atoms with van der Waals surface area (Å²) in [4.78, 5) is 25.9. The van der Waals surface area contributed by atoms with E-state index in [0.29, 0.717) is 51.7 Å². The van der Waals surface area contributed by atoms with Crippen molar-refractivity contribution in [2.24, 2.45) is 5.92 Å². The smallest absolute Gasteiger partial charge is 0.222 e. The zero-order valence-corrected chi connectivity index (χ0v) is 20.3. The first-order valence-corrected chi connectivity index (χ1v) is 12.6. The van der Waals surface area contributed by atoms with E-state index in [1.54, 1.807) is 11.8 Å². The van der Waals surface area contributed by atoms with Gasteiger partial charge in [0, 0.05) is 38.3 Å². The number of hydrogen-bond donors (Lipinski definition) is 5. The molecule has 6 unspecified atom stereocenters. The standard InChI is InChI=1S/C24H43NO9/c1-16-22(31)23(32)20(15-27)34-24(16)33-11-7-6-9-18(28)8-4-2-3-5-10-21(30)25-13-19(29)12-17(25)14-26/h16-17,19-20,22-24,26-27,29,31-32H,2-15H2,1H3/t16?,17?,19-,20?,22?,23?,24?/m1/s1. The Morgan fingerprint density at radius 3 is 2.21 bits per heavy atom. The second-order valence-electron chi connectivity index (χ2n) is 9.62. The van der Waals surface area contributed by atoms with E-state index in [4.69, 9.17) is 9.47 Å². The van der Waals surface area contributed by atoms with Crippen LogP contribution in [-0.2, 0) is 19.1 Å². The predicted molar refractivity (Wildman–Crippen MR) is 123 cm³/mol. The van der Waals surface area contributed by atoms with Gasteiger partial charge in [0.1, 0.15) is 18.0 Å². The van der Waals surface area contributed by atoms with Crippen LogP contribution in [0.15, 0.2) is 0 Å². The van der Waals surface area contributed by atoms with Crippen LogP contribution in [0.25, 0.3) is 0 Å². The lowest BCUT2D eigenvalue weighted by molar-refractivity contribution is -0.282. The van der Waals surface area contributed by atoms with Crippen molar-refractivity contribution in [2.75, 3.05) is 26.4 Å². The van der Waals surface area contributed by atoms with Gasteiger partial charge in [-0.25, -0.2) is 0 Å². The minimum atomic E-state index is -1.14. The lowest BCUT2D eigenvalue weighted by atomic mass is 9.92. The number of Topliss-reactive ketones (excluding diaryl/α,β-unsaturated/α-hetero) is 1. The molecule has 0 saturated carbocycles. The molecule has 0 aromatic rings. The highest BCUT2D eigenvalue weighted by molar-refractivity contribution is 5.78. The zero-order valence-electron chi connectivity index (χ0n) is 20.3. The van der Waals surface area contributed by atoms with E-state index < -0.39 is 43.2 Å². The van der Waals surface area contributed by atoms with Crippen molar-refractivity contribution < 1.29 is 44.6 Å². The van der Waals surface area contributed by atoms with Crippen molar-refractivity contribution in [3.8, 4) is 0 Å². The Labute approximate surface area is 201 Å². The second kappa shape index (κ2) is 15.1. The van der Waals surface area contributed by atoms with Gasteiger partial charge < -0.3 is 39.9 Å². The van der Waals surface area contributed by atoms with Gasteiger partial charge in [-0.05, 0) is 32.1 Å². The molecule has 1 amide bonds. The molecule has 10 heteroatoms. The number of rotatable bonds is 15. The van der Waals surface area contributed by atoms with E-state index >= 15 is 0 Å². The molecule has 0 bridgehead atoms. The van der Waals surface area contributed by atoms with Crippen LogP contribution < -0.4 is 0 Å². The number of likely N-dealkylation sites (tertiary alicyclic amines) is 1. The van der Waals surface area contributed by atoms with Crippen LogP contribution in [0.2, 0.25) is 0 Å². The number of hydrogen-bond acceptors (Lipinski definition) is 9. The Bertz CT molecular complexity index is 617. The van der Waals surface area contributed by atoms with Crippen molar-refractivity contribution >= 4 is 11.7 Å². The molecule has 0 aromatic carbocycles. The number of amides is 1. The first-order chi connectivity index (χ1) is 16.3. The van der Waals surface area contributed by atoms with Crippen LogP contribution >= 0.6 is 0 Å². The maximum absolute atomic E-state index is 12.3. The first-order valence-electron chi connectivity index (χ1n) is 12.6. The fraction of sp³-hybridized carbons (Fsp3) is 0.917. The van der Waals surface area contributed by atoms with Gasteiger partial charge in [0.2, 0.25) is 5.91 Å². The number of unbranched alkanes of at least 4 members (excludes halogenated alkanes) is 4. The van der Waals surface area contributed by atoms with E-state index in [1.807, 2.05) is 0 Å². The SMILES string of the molecule is CC1C(OCCCCC(=O)CCCCCCC(=O)N2C[C@H](O)CC2CO)OC(CO)C(O)C1O. The predicted octanol–water partition coefficient (Wildman–Crippen LogP) is 0.112. The topological polar surface area (TPSA) is 157 Å². The zero-order chi connectivity index (χ0) is 25.1. The van der Waals surface area contributed by atoms with E-state index in [-0.39, 0.29) is 24.3 Å². The molecule has 0 aliphatic carbocycles. The molecule has 10 nitrogen and oxygen atoms in total. The Kier molecular flexibility index (Phi) is 12.9. The summed E-state index contributed by atoms with van der Waals surface area (Å²) in [6.45, 7) is 1.85. The summed E-state index contributed by atoms with van der Waals surface area (Å²) in [5, 5.41) is 48.1. The lowest BCUT2D eigenvalue weighted by Gasteiger charge is -2.40. The Balaban J connectivity index is 1.47. The molecule has 0 spiro atoms. The molecule has 198 valence electrons. The molecule has 2 fully saturated rings. The Morgan fingerprint density at radius 2 is 1.56 bits per heavy atom. The molecule has 0 aromatic heterocycles. The third-order valence-electron chi connectivity index (χ3n) is 6.84. The number of ether oxygens (including phenoxy) is 2. The third kappa shape index (κ3) is 8.82. The summed E-state index contributed by atoms with van der Waals surface area (Å²) < 4.78 is 11.2. The minimum Gasteiger partial charge on any atom is -0.394 e. The molecular formula is C24H43NO9. The van der Waals surface area contributed by atoms with Crippen LogP contribution in [0.3, 0.4) is 0 Å². The summed E-state index contributed by atoms with van der Waals surface area (Å²) >= 11 is 0. The van der Waals surface area contributed by atoms with Gasteiger partial charge in [0.15, 0.2) is 6.29 Å². The molecule has 34 heavy (non-hydrogen) atoms. The van der Waals surface area contributed by atoms with Gasteiger partial charge in [-0.15, -0.1) is 0 Å². The maximum Gasteiger partial charge on any atom is 0.222 e. The largest absolute Gasteiger partial charge is 0.394 e.